The molecule has 0 aromatic carbocycles. The number of carboxylic acids is 1. The zero-order chi connectivity index (χ0) is 14.5. The third kappa shape index (κ3) is 6.88. The standard InChI is InChI=1S/C11H17F3N2O3/c12-11(13,14)5-1-6-15-10(19)16(8-2-3-8)7-4-9(17)18/h8H,1-7H2,(H,15,19)(H,17,18). The minimum atomic E-state index is -4.22. The minimum absolute atomic E-state index is 0.0296. The smallest absolute Gasteiger partial charge is 0.389 e. The maximum absolute atomic E-state index is 11.9. The zero-order valence-corrected chi connectivity index (χ0v) is 10.4. The predicted octanol–water partition coefficient (Wildman–Crippen LogP) is 1.98. The third-order valence-corrected chi connectivity index (χ3v) is 2.73. The van der Waals surface area contributed by atoms with Crippen LogP contribution in [0.1, 0.15) is 32.1 Å². The Kier molecular flexibility index (Phi) is 5.44. The van der Waals surface area contributed by atoms with Crippen LogP contribution in [-0.2, 0) is 4.79 Å². The van der Waals surface area contributed by atoms with Gasteiger partial charge in [-0.05, 0) is 19.3 Å². The van der Waals surface area contributed by atoms with Crippen LogP contribution in [-0.4, -0.2) is 47.3 Å². The van der Waals surface area contributed by atoms with Crippen molar-refractivity contribution in [3.05, 3.63) is 0 Å². The largest absolute Gasteiger partial charge is 0.481 e. The number of hydrogen-bond donors (Lipinski definition) is 2. The summed E-state index contributed by atoms with van der Waals surface area (Å²) in [6.45, 7) is 0.0275. The molecule has 1 aliphatic rings. The van der Waals surface area contributed by atoms with Gasteiger partial charge >= 0.3 is 18.2 Å². The molecule has 8 heteroatoms. The number of carbonyl (C=O) groups is 2. The number of hydrogen-bond acceptors (Lipinski definition) is 2. The van der Waals surface area contributed by atoms with E-state index in [1.54, 1.807) is 0 Å². The fraction of sp³-hybridized carbons (Fsp3) is 0.818. The van der Waals surface area contributed by atoms with Gasteiger partial charge in [0.25, 0.3) is 0 Å². The number of halogens is 3. The normalized spacial score (nSPS) is 15.1. The van der Waals surface area contributed by atoms with Gasteiger partial charge in [-0.1, -0.05) is 0 Å². The van der Waals surface area contributed by atoms with Crippen molar-refractivity contribution in [3.63, 3.8) is 0 Å². The number of rotatable bonds is 7. The van der Waals surface area contributed by atoms with Crippen molar-refractivity contribution in [3.8, 4) is 0 Å². The number of nitrogens with one attached hydrogen (secondary N) is 1. The molecule has 0 radical (unpaired) electrons. The van der Waals surface area contributed by atoms with Gasteiger partial charge in [0.15, 0.2) is 0 Å². The van der Waals surface area contributed by atoms with Gasteiger partial charge in [0.2, 0.25) is 0 Å². The van der Waals surface area contributed by atoms with Gasteiger partial charge in [-0.3, -0.25) is 4.79 Å². The van der Waals surface area contributed by atoms with Crippen LogP contribution in [0.4, 0.5) is 18.0 Å². The molecule has 1 aliphatic carbocycles. The number of carbonyl (C=O) groups excluding carboxylic acids is 1. The van der Waals surface area contributed by atoms with Gasteiger partial charge in [-0.25, -0.2) is 4.79 Å². The van der Waals surface area contributed by atoms with Crippen LogP contribution < -0.4 is 5.32 Å². The zero-order valence-electron chi connectivity index (χ0n) is 10.4. The maximum Gasteiger partial charge on any atom is 0.389 e. The number of alkyl halides is 3. The lowest BCUT2D eigenvalue weighted by Crippen LogP contribution is -2.42. The van der Waals surface area contributed by atoms with Gasteiger partial charge < -0.3 is 15.3 Å². The van der Waals surface area contributed by atoms with E-state index in [0.717, 1.165) is 12.8 Å². The molecular weight excluding hydrogens is 265 g/mol. The van der Waals surface area contributed by atoms with E-state index in [1.807, 2.05) is 0 Å². The highest BCUT2D eigenvalue weighted by molar-refractivity contribution is 5.76. The first-order valence-electron chi connectivity index (χ1n) is 6.12. The first-order valence-corrected chi connectivity index (χ1v) is 6.12. The van der Waals surface area contributed by atoms with Crippen molar-refractivity contribution in [1.82, 2.24) is 10.2 Å². The molecule has 0 atom stereocenters. The highest BCUT2D eigenvalue weighted by Crippen LogP contribution is 2.27. The first-order chi connectivity index (χ1) is 8.79. The summed E-state index contributed by atoms with van der Waals surface area (Å²) in [5, 5.41) is 11.0. The molecule has 0 aromatic rings. The number of aliphatic carboxylic acids is 1. The second kappa shape index (κ2) is 6.63. The van der Waals surface area contributed by atoms with Gasteiger partial charge in [0.05, 0.1) is 6.42 Å². The summed E-state index contributed by atoms with van der Waals surface area (Å²) in [6, 6.07) is -0.451. The molecule has 0 heterocycles. The molecule has 1 saturated carbocycles. The Morgan fingerprint density at radius 1 is 1.32 bits per heavy atom. The van der Waals surface area contributed by atoms with Crippen molar-refractivity contribution >= 4 is 12.0 Å². The highest BCUT2D eigenvalue weighted by Gasteiger charge is 2.32. The van der Waals surface area contributed by atoms with E-state index in [1.165, 1.54) is 4.90 Å². The summed E-state index contributed by atoms with van der Waals surface area (Å²) in [7, 11) is 0. The van der Waals surface area contributed by atoms with Crippen LogP contribution in [0.5, 0.6) is 0 Å². The summed E-state index contributed by atoms with van der Waals surface area (Å²) < 4.78 is 35.7. The van der Waals surface area contributed by atoms with Crippen molar-refractivity contribution in [2.45, 2.75) is 44.3 Å². The van der Waals surface area contributed by atoms with E-state index in [0.29, 0.717) is 0 Å². The topological polar surface area (TPSA) is 69.6 Å². The van der Waals surface area contributed by atoms with Crippen LogP contribution in [0.2, 0.25) is 0 Å². The molecule has 1 fully saturated rings. The molecule has 2 N–H and O–H groups in total. The van der Waals surface area contributed by atoms with E-state index < -0.39 is 24.6 Å². The fourth-order valence-corrected chi connectivity index (χ4v) is 1.64. The summed E-state index contributed by atoms with van der Waals surface area (Å²) >= 11 is 0. The Morgan fingerprint density at radius 3 is 2.42 bits per heavy atom. The third-order valence-electron chi connectivity index (χ3n) is 2.73. The van der Waals surface area contributed by atoms with Crippen molar-refractivity contribution in [2.75, 3.05) is 13.1 Å². The van der Waals surface area contributed by atoms with E-state index in [9.17, 15) is 22.8 Å². The lowest BCUT2D eigenvalue weighted by atomic mass is 10.3. The van der Waals surface area contributed by atoms with Crippen LogP contribution in [0.3, 0.4) is 0 Å². The van der Waals surface area contributed by atoms with E-state index in [2.05, 4.69) is 5.32 Å². The monoisotopic (exact) mass is 282 g/mol. The highest BCUT2D eigenvalue weighted by atomic mass is 19.4. The lowest BCUT2D eigenvalue weighted by molar-refractivity contribution is -0.137. The SMILES string of the molecule is O=C(O)CCN(C(=O)NCCCC(F)(F)F)C1CC1. The number of amides is 2. The van der Waals surface area contributed by atoms with Gasteiger partial charge in [-0.2, -0.15) is 13.2 Å². The van der Waals surface area contributed by atoms with Crippen LogP contribution in [0.25, 0.3) is 0 Å². The van der Waals surface area contributed by atoms with Crippen LogP contribution in [0, 0.1) is 0 Å². The molecule has 0 aliphatic heterocycles. The molecule has 19 heavy (non-hydrogen) atoms. The first kappa shape index (κ1) is 15.6. The molecule has 0 unspecified atom stereocenters. The summed E-state index contributed by atoms with van der Waals surface area (Å²) in [6.07, 6.45) is -3.86. The molecule has 0 aromatic heterocycles. The Labute approximate surface area is 108 Å². The van der Waals surface area contributed by atoms with Gasteiger partial charge in [0.1, 0.15) is 0 Å². The number of urea groups is 1. The summed E-state index contributed by atoms with van der Waals surface area (Å²) in [4.78, 5) is 23.5. The van der Waals surface area contributed by atoms with Gasteiger partial charge in [0, 0.05) is 25.6 Å². The van der Waals surface area contributed by atoms with Crippen molar-refractivity contribution < 1.29 is 27.9 Å². The molecule has 110 valence electrons. The van der Waals surface area contributed by atoms with Crippen molar-refractivity contribution in [2.24, 2.45) is 0 Å². The Bertz CT molecular complexity index is 330. The average molecular weight is 282 g/mol. The minimum Gasteiger partial charge on any atom is -0.481 e. The molecule has 0 spiro atoms. The molecule has 1 rings (SSSR count). The van der Waals surface area contributed by atoms with E-state index in [-0.39, 0.29) is 32.0 Å². The second-order valence-electron chi connectivity index (χ2n) is 4.52. The summed E-state index contributed by atoms with van der Waals surface area (Å²) in [5.74, 6) is -1.00. The second-order valence-corrected chi connectivity index (χ2v) is 4.52. The average Bonchev–Trinajstić information content (AvgIpc) is 3.07. The molecular formula is C11H17F3N2O3. The Hall–Kier alpha value is -1.47. The lowest BCUT2D eigenvalue weighted by Gasteiger charge is -2.22. The van der Waals surface area contributed by atoms with Crippen LogP contribution >= 0.6 is 0 Å². The maximum atomic E-state index is 11.9. The van der Waals surface area contributed by atoms with E-state index >= 15 is 0 Å². The molecule has 0 saturated heterocycles. The van der Waals surface area contributed by atoms with Gasteiger partial charge in [-0.15, -0.1) is 0 Å². The number of carboxylic acid groups (broad SMARTS) is 1. The van der Waals surface area contributed by atoms with Crippen molar-refractivity contribution in [1.29, 1.82) is 0 Å². The van der Waals surface area contributed by atoms with E-state index in [4.69, 9.17) is 5.11 Å². The number of nitrogens with zero attached hydrogens (tertiary/aromatic N) is 1. The fourth-order valence-electron chi connectivity index (χ4n) is 1.64. The molecule has 2 amide bonds. The molecule has 0 bridgehead atoms. The quantitative estimate of drug-likeness (QED) is 0.701. The Balaban J connectivity index is 2.26. The Morgan fingerprint density at radius 2 is 1.95 bits per heavy atom. The predicted molar refractivity (Wildman–Crippen MR) is 60.7 cm³/mol. The van der Waals surface area contributed by atoms with Crippen LogP contribution in [0.15, 0.2) is 0 Å². The molecule has 5 nitrogen and oxygen atoms in total. The summed E-state index contributed by atoms with van der Waals surface area (Å²) in [5.41, 5.74) is 0.